The zero-order chi connectivity index (χ0) is 15.0. The molecule has 1 aromatic heterocycles. The van der Waals surface area contributed by atoms with Crippen LogP contribution in [0.3, 0.4) is 0 Å². The molecule has 0 saturated carbocycles. The third-order valence-corrected chi connectivity index (χ3v) is 3.96. The molecule has 0 aliphatic carbocycles. The Morgan fingerprint density at radius 3 is 2.33 bits per heavy atom. The van der Waals surface area contributed by atoms with Gasteiger partial charge in [0.05, 0.1) is 11.3 Å². The average Bonchev–Trinajstić information content (AvgIpc) is 2.84. The summed E-state index contributed by atoms with van der Waals surface area (Å²) in [4.78, 5) is 12.6. The molecule has 0 fully saturated rings. The lowest BCUT2D eigenvalue weighted by molar-refractivity contribution is 0.848. The van der Waals surface area contributed by atoms with Crippen LogP contribution in [0.15, 0.2) is 53.5 Å². The van der Waals surface area contributed by atoms with E-state index in [9.17, 15) is 4.79 Å². The van der Waals surface area contributed by atoms with E-state index in [2.05, 4.69) is 18.9 Å². The molecule has 1 N–H and O–H groups in total. The van der Waals surface area contributed by atoms with E-state index in [1.807, 2.05) is 49.4 Å². The van der Waals surface area contributed by atoms with Gasteiger partial charge < -0.3 is 0 Å². The van der Waals surface area contributed by atoms with E-state index in [4.69, 9.17) is 0 Å². The zero-order valence-electron chi connectivity index (χ0n) is 12.5. The van der Waals surface area contributed by atoms with Crippen molar-refractivity contribution in [3.05, 3.63) is 75.7 Å². The minimum Gasteiger partial charge on any atom is -0.298 e. The van der Waals surface area contributed by atoms with Gasteiger partial charge in [0.1, 0.15) is 0 Å². The van der Waals surface area contributed by atoms with Gasteiger partial charge in [0.25, 0.3) is 5.56 Å². The third kappa shape index (κ3) is 2.31. The van der Waals surface area contributed by atoms with Crippen molar-refractivity contribution in [2.45, 2.75) is 20.8 Å². The normalized spacial score (nSPS) is 10.8. The Balaban J connectivity index is 2.14. The van der Waals surface area contributed by atoms with Crippen LogP contribution in [0.25, 0.3) is 16.8 Å². The molecule has 21 heavy (non-hydrogen) atoms. The summed E-state index contributed by atoms with van der Waals surface area (Å²) in [6, 6.07) is 13.9. The maximum absolute atomic E-state index is 12.6. The zero-order valence-corrected chi connectivity index (χ0v) is 12.5. The highest BCUT2D eigenvalue weighted by atomic mass is 16.1. The molecule has 0 atom stereocenters. The summed E-state index contributed by atoms with van der Waals surface area (Å²) >= 11 is 0. The van der Waals surface area contributed by atoms with E-state index in [-0.39, 0.29) is 5.56 Å². The fourth-order valence-corrected chi connectivity index (χ4v) is 2.49. The lowest BCUT2D eigenvalue weighted by Crippen LogP contribution is -2.16. The quantitative estimate of drug-likeness (QED) is 0.761. The predicted octanol–water partition coefficient (Wildman–Crippen LogP) is 3.76. The maximum atomic E-state index is 12.6. The largest absolute Gasteiger partial charge is 0.298 e. The summed E-state index contributed by atoms with van der Waals surface area (Å²) in [6.07, 6.45) is 1.78. The molecule has 0 radical (unpaired) electrons. The van der Waals surface area contributed by atoms with Gasteiger partial charge in [-0.15, -0.1) is 0 Å². The van der Waals surface area contributed by atoms with Crippen LogP contribution in [0.1, 0.15) is 16.7 Å². The van der Waals surface area contributed by atoms with Crippen LogP contribution in [0.2, 0.25) is 0 Å². The van der Waals surface area contributed by atoms with Crippen LogP contribution >= 0.6 is 0 Å². The first-order valence-electron chi connectivity index (χ1n) is 7.02. The van der Waals surface area contributed by atoms with Crippen LogP contribution in [0.4, 0.5) is 0 Å². The Hall–Kier alpha value is -2.55. The summed E-state index contributed by atoms with van der Waals surface area (Å²) in [5.41, 5.74) is 6.01. The van der Waals surface area contributed by atoms with Gasteiger partial charge in [0.2, 0.25) is 0 Å². The van der Waals surface area contributed by atoms with Gasteiger partial charge in [-0.25, -0.2) is 4.68 Å². The number of nitrogens with one attached hydrogen (secondary N) is 1. The number of hydrogen-bond donors (Lipinski definition) is 1. The van der Waals surface area contributed by atoms with Gasteiger partial charge in [-0.05, 0) is 55.2 Å². The number of hydrogen-bond acceptors (Lipinski definition) is 1. The van der Waals surface area contributed by atoms with Crippen molar-refractivity contribution < 1.29 is 0 Å². The summed E-state index contributed by atoms with van der Waals surface area (Å²) in [6.45, 7) is 6.13. The predicted molar refractivity (Wildman–Crippen MR) is 86.0 cm³/mol. The van der Waals surface area contributed by atoms with Crippen molar-refractivity contribution in [1.82, 2.24) is 9.78 Å². The molecule has 3 nitrogen and oxygen atoms in total. The minimum absolute atomic E-state index is 0.0208. The SMILES string of the molecule is Cc1ccc(-n2[nH]cc(-c3ccccc3C)c2=O)cc1C. The Kier molecular flexibility index (Phi) is 3.26. The van der Waals surface area contributed by atoms with Crippen molar-refractivity contribution in [2.24, 2.45) is 0 Å². The van der Waals surface area contributed by atoms with Crippen molar-refractivity contribution in [2.75, 3.05) is 0 Å². The number of aromatic amines is 1. The monoisotopic (exact) mass is 278 g/mol. The molecular weight excluding hydrogens is 260 g/mol. The van der Waals surface area contributed by atoms with Crippen molar-refractivity contribution in [3.8, 4) is 16.8 Å². The topological polar surface area (TPSA) is 37.8 Å². The number of aromatic nitrogens is 2. The van der Waals surface area contributed by atoms with E-state index in [1.165, 1.54) is 11.1 Å². The molecule has 0 unspecified atom stereocenters. The number of H-pyrrole nitrogens is 1. The standard InChI is InChI=1S/C18H18N2O/c1-12-8-9-15(10-14(12)3)20-18(21)17(11-19-20)16-7-5-4-6-13(16)2/h4-11,19H,1-3H3. The van der Waals surface area contributed by atoms with E-state index in [1.54, 1.807) is 10.9 Å². The second-order valence-electron chi connectivity index (χ2n) is 5.41. The molecule has 3 aromatic rings. The van der Waals surface area contributed by atoms with Gasteiger partial charge >= 0.3 is 0 Å². The van der Waals surface area contributed by atoms with Crippen LogP contribution in [-0.4, -0.2) is 9.78 Å². The van der Waals surface area contributed by atoms with E-state index in [0.717, 1.165) is 16.8 Å². The molecule has 0 aliphatic heterocycles. The molecule has 1 heterocycles. The summed E-state index contributed by atoms with van der Waals surface area (Å²) in [5.74, 6) is 0. The Morgan fingerprint density at radius 2 is 1.62 bits per heavy atom. The first-order chi connectivity index (χ1) is 10.1. The van der Waals surface area contributed by atoms with Crippen molar-refractivity contribution in [1.29, 1.82) is 0 Å². The molecule has 0 bridgehead atoms. The lowest BCUT2D eigenvalue weighted by atomic mass is 10.0. The minimum atomic E-state index is -0.0208. The maximum Gasteiger partial charge on any atom is 0.279 e. The third-order valence-electron chi connectivity index (χ3n) is 3.96. The van der Waals surface area contributed by atoms with Crippen LogP contribution in [-0.2, 0) is 0 Å². The first kappa shape index (κ1) is 13.4. The Morgan fingerprint density at radius 1 is 0.857 bits per heavy atom. The number of rotatable bonds is 2. The molecule has 3 heteroatoms. The molecule has 3 rings (SSSR count). The summed E-state index contributed by atoms with van der Waals surface area (Å²) < 4.78 is 1.59. The molecule has 106 valence electrons. The van der Waals surface area contributed by atoms with E-state index < -0.39 is 0 Å². The fraction of sp³-hybridized carbons (Fsp3) is 0.167. The lowest BCUT2D eigenvalue weighted by Gasteiger charge is -2.05. The number of nitrogens with zero attached hydrogens (tertiary/aromatic N) is 1. The summed E-state index contributed by atoms with van der Waals surface area (Å²) in [7, 11) is 0. The number of aryl methyl sites for hydroxylation is 3. The van der Waals surface area contributed by atoms with E-state index in [0.29, 0.717) is 5.56 Å². The molecule has 0 aliphatic rings. The van der Waals surface area contributed by atoms with Crippen molar-refractivity contribution >= 4 is 0 Å². The smallest absolute Gasteiger partial charge is 0.279 e. The summed E-state index contributed by atoms with van der Waals surface area (Å²) in [5, 5.41) is 3.07. The van der Waals surface area contributed by atoms with E-state index >= 15 is 0 Å². The van der Waals surface area contributed by atoms with Gasteiger partial charge in [0.15, 0.2) is 0 Å². The van der Waals surface area contributed by atoms with Crippen LogP contribution < -0.4 is 5.56 Å². The van der Waals surface area contributed by atoms with Crippen LogP contribution in [0, 0.1) is 20.8 Å². The first-order valence-corrected chi connectivity index (χ1v) is 7.02. The highest BCUT2D eigenvalue weighted by Crippen LogP contribution is 2.20. The molecule has 2 aromatic carbocycles. The second-order valence-corrected chi connectivity index (χ2v) is 5.41. The van der Waals surface area contributed by atoms with Gasteiger partial charge in [-0.1, -0.05) is 30.3 Å². The highest BCUT2D eigenvalue weighted by Gasteiger charge is 2.11. The van der Waals surface area contributed by atoms with Crippen molar-refractivity contribution in [3.63, 3.8) is 0 Å². The van der Waals surface area contributed by atoms with Crippen LogP contribution in [0.5, 0.6) is 0 Å². The molecule has 0 spiro atoms. The fourth-order valence-electron chi connectivity index (χ4n) is 2.49. The number of benzene rings is 2. The van der Waals surface area contributed by atoms with Gasteiger partial charge in [-0.3, -0.25) is 9.89 Å². The van der Waals surface area contributed by atoms with Gasteiger partial charge in [0, 0.05) is 6.20 Å². The molecule has 0 saturated heterocycles. The molecular formula is C18H18N2O. The Bertz CT molecular complexity index is 856. The average molecular weight is 278 g/mol. The van der Waals surface area contributed by atoms with Gasteiger partial charge in [-0.2, -0.15) is 0 Å². The Labute approximate surface area is 123 Å². The second kappa shape index (κ2) is 5.09. The highest BCUT2D eigenvalue weighted by molar-refractivity contribution is 5.66. The molecule has 0 amide bonds.